The Bertz CT molecular complexity index is 526. The highest BCUT2D eigenvalue weighted by Gasteiger charge is 2.22. The van der Waals surface area contributed by atoms with Crippen LogP contribution in [0.2, 0.25) is 0 Å². The van der Waals surface area contributed by atoms with Gasteiger partial charge in [0.25, 0.3) is 0 Å². The molecule has 1 saturated heterocycles. The van der Waals surface area contributed by atoms with Gasteiger partial charge in [0, 0.05) is 38.9 Å². The Balaban J connectivity index is 1.53. The van der Waals surface area contributed by atoms with Crippen LogP contribution in [-0.2, 0) is 6.42 Å². The van der Waals surface area contributed by atoms with Crippen molar-refractivity contribution in [3.05, 3.63) is 29.8 Å². The lowest BCUT2D eigenvalue weighted by Gasteiger charge is -2.31. The summed E-state index contributed by atoms with van der Waals surface area (Å²) in [6.45, 7) is 7.96. The number of para-hydroxylation sites is 1. The van der Waals surface area contributed by atoms with Gasteiger partial charge in [-0.25, -0.2) is 0 Å². The molecule has 1 unspecified atom stereocenters. The number of benzene rings is 1. The number of hydrogen-bond donors (Lipinski definition) is 1. The van der Waals surface area contributed by atoms with Crippen molar-refractivity contribution in [2.75, 3.05) is 44.7 Å². The molecule has 1 N–H and O–H groups in total. The van der Waals surface area contributed by atoms with Crippen molar-refractivity contribution in [1.82, 2.24) is 10.2 Å². The number of anilines is 1. The maximum absolute atomic E-state index is 4.48. The third-order valence-electron chi connectivity index (χ3n) is 4.81. The predicted octanol–water partition coefficient (Wildman–Crippen LogP) is 2.36. The van der Waals surface area contributed by atoms with E-state index in [4.69, 9.17) is 0 Å². The van der Waals surface area contributed by atoms with E-state index in [2.05, 4.69) is 51.3 Å². The van der Waals surface area contributed by atoms with Crippen LogP contribution in [-0.4, -0.2) is 50.6 Å². The lowest BCUT2D eigenvalue weighted by atomic mass is 10.0. The first-order chi connectivity index (χ1) is 10.8. The summed E-state index contributed by atoms with van der Waals surface area (Å²) in [5, 5.41) is 3.55. The molecule has 1 fully saturated rings. The minimum absolute atomic E-state index is 0.846. The van der Waals surface area contributed by atoms with Crippen molar-refractivity contribution in [2.24, 2.45) is 10.9 Å². The fourth-order valence-electron chi connectivity index (χ4n) is 3.67. The molecule has 1 aromatic carbocycles. The van der Waals surface area contributed by atoms with Gasteiger partial charge < -0.3 is 15.1 Å². The first kappa shape index (κ1) is 15.3. The van der Waals surface area contributed by atoms with E-state index in [1.54, 1.807) is 0 Å². The number of nitrogens with one attached hydrogen (secondary N) is 1. The minimum Gasteiger partial charge on any atom is -0.355 e. The Hall–Kier alpha value is -1.55. The second kappa shape index (κ2) is 7.14. The minimum atomic E-state index is 0.846. The zero-order valence-electron chi connectivity index (χ0n) is 13.9. The molecule has 3 rings (SSSR count). The summed E-state index contributed by atoms with van der Waals surface area (Å²) in [6.07, 6.45) is 3.84. The summed E-state index contributed by atoms with van der Waals surface area (Å²) >= 11 is 0. The second-order valence-corrected chi connectivity index (χ2v) is 6.55. The lowest BCUT2D eigenvalue weighted by Crippen LogP contribution is -2.45. The van der Waals surface area contributed by atoms with Crippen LogP contribution in [0.5, 0.6) is 0 Å². The molecule has 2 heterocycles. The van der Waals surface area contributed by atoms with Crippen LogP contribution in [0.1, 0.15) is 25.3 Å². The first-order valence-corrected chi connectivity index (χ1v) is 8.56. The molecule has 0 bridgehead atoms. The maximum atomic E-state index is 4.48. The monoisotopic (exact) mass is 300 g/mol. The molecule has 0 saturated carbocycles. The van der Waals surface area contributed by atoms with Crippen LogP contribution >= 0.6 is 0 Å². The third-order valence-corrected chi connectivity index (χ3v) is 4.81. The lowest BCUT2D eigenvalue weighted by molar-refractivity contribution is 0.187. The van der Waals surface area contributed by atoms with Crippen molar-refractivity contribution >= 4 is 11.6 Å². The van der Waals surface area contributed by atoms with Crippen LogP contribution in [0.25, 0.3) is 0 Å². The molecular weight excluding hydrogens is 272 g/mol. The highest BCUT2D eigenvalue weighted by molar-refractivity contribution is 5.97. The van der Waals surface area contributed by atoms with E-state index in [-0.39, 0.29) is 0 Å². The van der Waals surface area contributed by atoms with Gasteiger partial charge in [0.2, 0.25) is 0 Å². The van der Waals surface area contributed by atoms with Gasteiger partial charge >= 0.3 is 0 Å². The van der Waals surface area contributed by atoms with E-state index in [1.165, 1.54) is 37.2 Å². The van der Waals surface area contributed by atoms with Crippen molar-refractivity contribution in [3.63, 3.8) is 0 Å². The molecule has 0 spiro atoms. The quantitative estimate of drug-likeness (QED) is 0.687. The van der Waals surface area contributed by atoms with Gasteiger partial charge in [-0.2, -0.15) is 0 Å². The second-order valence-electron chi connectivity index (χ2n) is 6.55. The van der Waals surface area contributed by atoms with Crippen LogP contribution in [0.3, 0.4) is 0 Å². The molecule has 0 aromatic heterocycles. The number of hydrogen-bond acceptors (Lipinski definition) is 2. The molecule has 1 atom stereocenters. The molecule has 0 aliphatic carbocycles. The topological polar surface area (TPSA) is 30.9 Å². The van der Waals surface area contributed by atoms with E-state index in [0.29, 0.717) is 0 Å². The summed E-state index contributed by atoms with van der Waals surface area (Å²) in [5.74, 6) is 1.86. The number of nitrogens with zero attached hydrogens (tertiary/aromatic N) is 3. The summed E-state index contributed by atoms with van der Waals surface area (Å²) < 4.78 is 0. The third kappa shape index (κ3) is 3.43. The van der Waals surface area contributed by atoms with Gasteiger partial charge in [-0.1, -0.05) is 25.1 Å². The van der Waals surface area contributed by atoms with Crippen LogP contribution in [0.15, 0.2) is 29.3 Å². The summed E-state index contributed by atoms with van der Waals surface area (Å²) in [6, 6.07) is 8.65. The van der Waals surface area contributed by atoms with Crippen molar-refractivity contribution in [2.45, 2.75) is 26.2 Å². The van der Waals surface area contributed by atoms with E-state index < -0.39 is 0 Å². The Morgan fingerprint density at radius 3 is 3.00 bits per heavy atom. The highest BCUT2D eigenvalue weighted by atomic mass is 15.3. The van der Waals surface area contributed by atoms with Gasteiger partial charge in [-0.15, -0.1) is 0 Å². The SMILES string of the molecule is CN=C(NCCN1CCCC(C)C1)N1CCc2ccccc21. The molecule has 2 aliphatic rings. The number of piperidine rings is 1. The summed E-state index contributed by atoms with van der Waals surface area (Å²) in [4.78, 5) is 9.37. The van der Waals surface area contributed by atoms with Crippen LogP contribution < -0.4 is 10.2 Å². The van der Waals surface area contributed by atoms with Gasteiger partial charge in [0.1, 0.15) is 0 Å². The molecule has 22 heavy (non-hydrogen) atoms. The smallest absolute Gasteiger partial charge is 0.198 e. The van der Waals surface area contributed by atoms with E-state index in [1.807, 2.05) is 7.05 Å². The standard InChI is InChI=1S/C18H28N4/c1-15-6-5-11-21(14-15)13-10-20-18(19-2)22-12-9-16-7-3-4-8-17(16)22/h3-4,7-8,15H,5-6,9-14H2,1-2H3,(H,19,20). The maximum Gasteiger partial charge on any atom is 0.198 e. The Kier molecular flexibility index (Phi) is 4.98. The molecule has 0 radical (unpaired) electrons. The Labute approximate surface area is 134 Å². The fourth-order valence-corrected chi connectivity index (χ4v) is 3.67. The van der Waals surface area contributed by atoms with Gasteiger partial charge in [-0.05, 0) is 43.4 Å². The van der Waals surface area contributed by atoms with Gasteiger partial charge in [-0.3, -0.25) is 4.99 Å². The van der Waals surface area contributed by atoms with E-state index in [0.717, 1.165) is 37.9 Å². The molecule has 0 amide bonds. The first-order valence-electron chi connectivity index (χ1n) is 8.56. The van der Waals surface area contributed by atoms with Gasteiger partial charge in [0.05, 0.1) is 0 Å². The zero-order valence-corrected chi connectivity index (χ0v) is 13.9. The van der Waals surface area contributed by atoms with Crippen molar-refractivity contribution < 1.29 is 0 Å². The average Bonchev–Trinajstić information content (AvgIpc) is 2.96. The van der Waals surface area contributed by atoms with E-state index >= 15 is 0 Å². The number of aliphatic imine (C=N–C) groups is 1. The summed E-state index contributed by atoms with van der Waals surface area (Å²) in [5.41, 5.74) is 2.73. The number of guanidine groups is 1. The molecule has 120 valence electrons. The summed E-state index contributed by atoms with van der Waals surface area (Å²) in [7, 11) is 1.88. The van der Waals surface area contributed by atoms with Crippen molar-refractivity contribution in [3.8, 4) is 0 Å². The molecule has 4 heteroatoms. The van der Waals surface area contributed by atoms with E-state index in [9.17, 15) is 0 Å². The predicted molar refractivity (Wildman–Crippen MR) is 93.7 cm³/mol. The molecule has 2 aliphatic heterocycles. The molecular formula is C18H28N4. The number of rotatable bonds is 3. The van der Waals surface area contributed by atoms with Crippen molar-refractivity contribution in [1.29, 1.82) is 0 Å². The average molecular weight is 300 g/mol. The van der Waals surface area contributed by atoms with Gasteiger partial charge in [0.15, 0.2) is 5.96 Å². The Morgan fingerprint density at radius 1 is 1.32 bits per heavy atom. The number of fused-ring (bicyclic) bond motifs is 1. The Morgan fingerprint density at radius 2 is 2.18 bits per heavy atom. The van der Waals surface area contributed by atoms with Crippen LogP contribution in [0.4, 0.5) is 5.69 Å². The largest absolute Gasteiger partial charge is 0.355 e. The fraction of sp³-hybridized carbons (Fsp3) is 0.611. The highest BCUT2D eigenvalue weighted by Crippen LogP contribution is 2.27. The molecule has 4 nitrogen and oxygen atoms in total. The number of likely N-dealkylation sites (tertiary alicyclic amines) is 1. The normalized spacial score (nSPS) is 22.7. The molecule has 1 aromatic rings. The zero-order chi connectivity index (χ0) is 15.4. The van der Waals surface area contributed by atoms with Crippen LogP contribution in [0, 0.1) is 5.92 Å².